The van der Waals surface area contributed by atoms with E-state index in [0.29, 0.717) is 15.9 Å². The highest BCUT2D eigenvalue weighted by molar-refractivity contribution is 7.85. The van der Waals surface area contributed by atoms with Gasteiger partial charge in [-0.3, -0.25) is 13.9 Å². The Bertz CT molecular complexity index is 1030. The summed E-state index contributed by atoms with van der Waals surface area (Å²) in [6.07, 6.45) is 3.86. The van der Waals surface area contributed by atoms with Gasteiger partial charge in [0, 0.05) is 17.2 Å². The zero-order valence-electron chi connectivity index (χ0n) is 13.8. The van der Waals surface area contributed by atoms with Crippen molar-refractivity contribution < 1.29 is 27.6 Å². The minimum atomic E-state index is -4.73. The van der Waals surface area contributed by atoms with Crippen molar-refractivity contribution in [3.63, 3.8) is 0 Å². The summed E-state index contributed by atoms with van der Waals surface area (Å²) in [6, 6.07) is 1.44. The van der Waals surface area contributed by atoms with Crippen LogP contribution >= 0.6 is 0 Å². The molecule has 1 amide bonds. The molecule has 2 heterocycles. The molecule has 0 radical (unpaired) electrons. The first-order chi connectivity index (χ1) is 12.0. The van der Waals surface area contributed by atoms with Crippen LogP contribution in [0.3, 0.4) is 0 Å². The lowest BCUT2D eigenvalue weighted by atomic mass is 9.87. The Labute approximate surface area is 149 Å². The molecular formula is C16H17N3O6S. The monoisotopic (exact) mass is 379 g/mol. The molecular weight excluding hydrogens is 362 g/mol. The molecule has 0 saturated carbocycles. The molecule has 3 rings (SSSR count). The van der Waals surface area contributed by atoms with Crippen LogP contribution in [0.15, 0.2) is 41.6 Å². The number of hydroxylamine groups is 1. The number of aryl methyl sites for hydroxylation is 1. The van der Waals surface area contributed by atoms with Gasteiger partial charge in [0.2, 0.25) is 12.1 Å². The number of amides is 1. The van der Waals surface area contributed by atoms with E-state index < -0.39 is 27.3 Å². The maximum Gasteiger partial charge on any atom is 0.287 e. The number of hydrogen-bond acceptors (Lipinski definition) is 5. The predicted molar refractivity (Wildman–Crippen MR) is 92.8 cm³/mol. The van der Waals surface area contributed by atoms with Gasteiger partial charge in [0.15, 0.2) is 17.0 Å². The van der Waals surface area contributed by atoms with Crippen molar-refractivity contribution in [2.45, 2.75) is 18.7 Å². The number of fused-ring (bicyclic) bond motifs is 2. The van der Waals surface area contributed by atoms with Gasteiger partial charge in [0.25, 0.3) is 10.1 Å². The van der Waals surface area contributed by atoms with Crippen LogP contribution in [0.1, 0.15) is 23.1 Å². The summed E-state index contributed by atoms with van der Waals surface area (Å²) in [6.45, 7) is 5.11. The number of aromatic hydroxyl groups is 1. The summed E-state index contributed by atoms with van der Waals surface area (Å²) in [5.41, 5.74) is 6.09. The Morgan fingerprint density at radius 2 is 2.12 bits per heavy atom. The fourth-order valence-electron chi connectivity index (χ4n) is 3.34. The molecule has 9 nitrogen and oxygen atoms in total. The zero-order chi connectivity index (χ0) is 19.4. The van der Waals surface area contributed by atoms with Gasteiger partial charge in [0.05, 0.1) is 5.92 Å². The van der Waals surface area contributed by atoms with E-state index in [1.165, 1.54) is 18.2 Å². The summed E-state index contributed by atoms with van der Waals surface area (Å²) in [4.78, 5) is 11.4. The fourth-order valence-corrected chi connectivity index (χ4v) is 4.47. The smallest absolute Gasteiger partial charge is 0.287 e. The second kappa shape index (κ2) is 5.85. The Kier molecular flexibility index (Phi) is 4.04. The van der Waals surface area contributed by atoms with Crippen molar-refractivity contribution in [1.82, 2.24) is 4.57 Å². The second-order valence-electron chi connectivity index (χ2n) is 6.24. The van der Waals surface area contributed by atoms with Gasteiger partial charge >= 0.3 is 0 Å². The average molecular weight is 379 g/mol. The van der Waals surface area contributed by atoms with E-state index in [2.05, 4.69) is 6.58 Å². The van der Waals surface area contributed by atoms with Gasteiger partial charge < -0.3 is 16.0 Å². The lowest BCUT2D eigenvalue weighted by Crippen LogP contribution is -2.31. The van der Waals surface area contributed by atoms with Gasteiger partial charge in [-0.15, -0.1) is 0 Å². The lowest BCUT2D eigenvalue weighted by molar-refractivity contribution is -0.405. The number of hydrogen-bond donors (Lipinski definition) is 3. The average Bonchev–Trinajstić information content (AvgIpc) is 2.73. The Morgan fingerprint density at radius 3 is 2.69 bits per heavy atom. The number of primary amides is 1. The summed E-state index contributed by atoms with van der Waals surface area (Å²) in [5.74, 6) is -2.22. The third-order valence-corrected chi connectivity index (χ3v) is 5.74. The van der Waals surface area contributed by atoms with Crippen LogP contribution < -0.4 is 5.73 Å². The topological polar surface area (TPSA) is 149 Å². The first-order valence-corrected chi connectivity index (χ1v) is 9.11. The van der Waals surface area contributed by atoms with Crippen molar-refractivity contribution in [3.05, 3.63) is 58.1 Å². The van der Waals surface area contributed by atoms with Crippen LogP contribution in [0.25, 0.3) is 0 Å². The molecule has 138 valence electrons. The Hall–Kier alpha value is -2.85. The highest BCUT2D eigenvalue weighted by Crippen LogP contribution is 2.43. The third-order valence-electron chi connectivity index (χ3n) is 4.59. The first-order valence-electron chi connectivity index (χ1n) is 7.60. The number of carbonyl (C=O) groups excluding carboxylic acids is 1. The molecule has 2 atom stereocenters. The third kappa shape index (κ3) is 2.72. The maximum atomic E-state index is 12.5. The zero-order valence-corrected chi connectivity index (χ0v) is 14.6. The predicted octanol–water partition coefficient (Wildman–Crippen LogP) is 0.703. The maximum absolute atomic E-state index is 12.5. The number of nitrogens with zero attached hydrogens (tertiary/aromatic N) is 2. The minimum Gasteiger partial charge on any atom is -0.618 e. The van der Waals surface area contributed by atoms with E-state index in [1.54, 1.807) is 6.92 Å². The Morgan fingerprint density at radius 1 is 1.46 bits per heavy atom. The van der Waals surface area contributed by atoms with Crippen LogP contribution in [0, 0.1) is 18.0 Å². The van der Waals surface area contributed by atoms with Crippen LogP contribution in [-0.2, 0) is 14.9 Å². The van der Waals surface area contributed by atoms with Crippen LogP contribution in [0.5, 0.6) is 5.88 Å². The van der Waals surface area contributed by atoms with E-state index in [4.69, 9.17) is 5.73 Å². The van der Waals surface area contributed by atoms with Crippen LogP contribution in [0.2, 0.25) is 0 Å². The molecule has 0 saturated heterocycles. The van der Waals surface area contributed by atoms with Crippen molar-refractivity contribution in [2.75, 3.05) is 0 Å². The first kappa shape index (κ1) is 18.0. The molecule has 1 aliphatic heterocycles. The molecule has 0 aromatic carbocycles. The SMILES string of the molecule is C=C(C(N)=O)C1=CC=C2C(C1)C(S(=O)(=O)O)n1c(cc(C)c1O)C=[N+]2[O-]. The minimum absolute atomic E-state index is 0.0202. The van der Waals surface area contributed by atoms with E-state index in [0.717, 1.165) is 10.8 Å². The van der Waals surface area contributed by atoms with Crippen LogP contribution in [-0.4, -0.2) is 39.5 Å². The standard InChI is InChI=1S/C16H17N3O6S/c1-8-5-11-7-18(22)13-4-3-10(9(2)14(17)20)6-12(13)16(26(23,24)25)19(11)15(8)21/h3-5,7,12,16,21H,2,6H2,1H3,(H2,17,20)(H,23,24,25). The lowest BCUT2D eigenvalue weighted by Gasteiger charge is -2.28. The molecule has 1 aromatic rings. The summed E-state index contributed by atoms with van der Waals surface area (Å²) >= 11 is 0. The van der Waals surface area contributed by atoms with E-state index in [-0.39, 0.29) is 29.3 Å². The molecule has 0 bridgehead atoms. The molecule has 2 unspecified atom stereocenters. The molecule has 4 N–H and O–H groups in total. The summed E-state index contributed by atoms with van der Waals surface area (Å²) in [7, 11) is -4.73. The van der Waals surface area contributed by atoms with Gasteiger partial charge in [-0.05, 0) is 25.0 Å². The number of rotatable bonds is 3. The largest absolute Gasteiger partial charge is 0.618 e. The fraction of sp³-hybridized carbons (Fsp3) is 0.250. The molecule has 26 heavy (non-hydrogen) atoms. The number of nitrogens with two attached hydrogens (primary N) is 1. The van der Waals surface area contributed by atoms with Crippen molar-refractivity contribution in [3.8, 4) is 5.88 Å². The van der Waals surface area contributed by atoms with Crippen molar-refractivity contribution in [1.29, 1.82) is 0 Å². The van der Waals surface area contributed by atoms with Crippen molar-refractivity contribution in [2.24, 2.45) is 11.7 Å². The van der Waals surface area contributed by atoms with Crippen LogP contribution in [0.4, 0.5) is 0 Å². The van der Waals surface area contributed by atoms with Gasteiger partial charge in [0.1, 0.15) is 5.69 Å². The second-order valence-corrected chi connectivity index (χ2v) is 7.76. The van der Waals surface area contributed by atoms with E-state index in [9.17, 15) is 28.1 Å². The highest BCUT2D eigenvalue weighted by atomic mass is 32.2. The molecule has 2 aliphatic rings. The quantitative estimate of drug-likeness (QED) is 0.305. The van der Waals surface area contributed by atoms with Gasteiger partial charge in [-0.1, -0.05) is 12.7 Å². The molecule has 1 aliphatic carbocycles. The van der Waals surface area contributed by atoms with Crippen molar-refractivity contribution >= 4 is 22.2 Å². The number of aromatic nitrogens is 1. The van der Waals surface area contributed by atoms with Gasteiger partial charge in [-0.25, -0.2) is 0 Å². The Balaban J connectivity index is 2.25. The van der Waals surface area contributed by atoms with Gasteiger partial charge in [-0.2, -0.15) is 13.2 Å². The molecule has 0 fully saturated rings. The molecule has 0 spiro atoms. The molecule has 1 aromatic heterocycles. The normalized spacial score (nSPS) is 22.3. The summed E-state index contributed by atoms with van der Waals surface area (Å²) < 4.78 is 35.7. The van der Waals surface area contributed by atoms with E-state index >= 15 is 0 Å². The highest BCUT2D eigenvalue weighted by Gasteiger charge is 2.45. The number of carbonyl (C=O) groups is 1. The summed E-state index contributed by atoms with van der Waals surface area (Å²) in [5, 5.41) is 21.1. The number of allylic oxidation sites excluding steroid dienone is 3. The van der Waals surface area contributed by atoms with E-state index in [1.807, 2.05) is 0 Å². The molecule has 10 heteroatoms.